The van der Waals surface area contributed by atoms with Crippen LogP contribution in [0.4, 0.5) is 45.5 Å². The van der Waals surface area contributed by atoms with E-state index in [0.717, 1.165) is 121 Å². The minimum Gasteiger partial charge on any atom is -1.00 e. The van der Waals surface area contributed by atoms with Crippen molar-refractivity contribution in [2.45, 2.75) is 136 Å². The standard InChI is InChI=1S/C17H25BN2O6.C16H20N2O4.C6H7F3O3S.CH2O3.2Na.H2P16.Pd.H/c1-15(2,3)24-14(21)19-12-10-11(8-9-13(12)20(22)23)18-25-16(4,5)17(6,7)26-18;1-16(2,3)22-15(19)17-13-10-12(11-6-4-5-7-11)8-9-14(13)18(20)21;7-6(8,9)13(10,11)12-5-3-1-2-4-5;2-1-4-3;;;1-3-4(1)7(3)9-11-12(9)15(11)16-13-10(14(13)16)8-5-2-6(5)8;;/h8-10H,1-7H3,(H,19,21);6,8-10H,4-5,7H2,1-3H3,(H,17,19);3H,1-2,4H2;1,3H;;;1-2H;;/q;;;;2*+1;;;-1/p-1. The van der Waals surface area contributed by atoms with Gasteiger partial charge < -0.3 is 34.5 Å². The molecule has 44 heteroatoms. The van der Waals surface area contributed by atoms with Gasteiger partial charge in [0.1, 0.15) is 28.3 Å². The van der Waals surface area contributed by atoms with Crippen molar-refractivity contribution in [2.75, 3.05) is 10.6 Å². The van der Waals surface area contributed by atoms with Crippen LogP contribution >= 0.6 is 106 Å². The van der Waals surface area contributed by atoms with Crippen molar-refractivity contribution in [3.8, 4) is 0 Å². The van der Waals surface area contributed by atoms with Gasteiger partial charge in [0.2, 0.25) is 0 Å². The van der Waals surface area contributed by atoms with E-state index in [-0.39, 0.29) is 122 Å². The Hall–Kier alpha value is 1.68. The number of halogens is 3. The molecule has 0 bridgehead atoms. The number of hydrogen-bond acceptors (Lipinski definition) is 16. The molecule has 3 aliphatic rings. The molecule has 2 amide bonds. The zero-order valence-corrected chi connectivity index (χ0v) is 68.0. The van der Waals surface area contributed by atoms with Gasteiger partial charge in [0.15, 0.2) is 0 Å². The van der Waals surface area contributed by atoms with Crippen LogP contribution in [0.25, 0.3) is 5.57 Å². The molecule has 84 heavy (non-hydrogen) atoms. The molecule has 1 fully saturated rings. The van der Waals surface area contributed by atoms with Crippen LogP contribution in [0.15, 0.2) is 54.3 Å². The number of hydrogen-bond donors (Lipinski definition) is 2. The largest absolute Gasteiger partial charge is 1.00 e. The zero-order valence-electron chi connectivity index (χ0n) is 48.1. The molecular formula is C40H56BF3N4Na2O16P16PdS. The van der Waals surface area contributed by atoms with Gasteiger partial charge in [-0.1, -0.05) is 27.2 Å². The second-order valence-electron chi connectivity index (χ2n) is 21.3. The van der Waals surface area contributed by atoms with Crippen LogP contribution in [0, 0.1) is 20.2 Å². The number of amides is 2. The van der Waals surface area contributed by atoms with Gasteiger partial charge in [-0.3, -0.25) is 35.7 Å². The van der Waals surface area contributed by atoms with Crippen LogP contribution in [0.5, 0.6) is 0 Å². The number of nitro groups is 2. The number of nitrogens with one attached hydrogen (secondary N) is 2. The molecular weight excluding hydrogens is 1540 g/mol. The van der Waals surface area contributed by atoms with Gasteiger partial charge in [-0.05, 0) is 233 Å². The van der Waals surface area contributed by atoms with E-state index in [1.807, 2.05) is 27.7 Å². The molecule has 454 valence electrons. The molecule has 8 unspecified atom stereocenters. The SMILES string of the molecule is CC(C)(C)OC(=O)Nc1cc(B2OC(C)(C)C(C)(C)O2)ccc1[N+](=O)[O-].CC(C)(C)OC(=O)Nc1cc(C2=CCCC2)ccc1[N+](=O)[O-].O=CO[O-].O=S(=O)(OC1=CCCC1)C(F)(F)F.[H-].[Na+].[Na+].[Pd].[pH]1p2p(-p3p4p(-p5p6p(-p7p8[pH]p78)p56)p34)p12. The van der Waals surface area contributed by atoms with Crippen molar-refractivity contribution < 1.29 is 160 Å². The van der Waals surface area contributed by atoms with Crippen LogP contribution in [0.3, 0.4) is 0 Å². The molecule has 2 aromatic carbocycles. The minimum absolute atomic E-state index is 0. The maximum Gasteiger partial charge on any atom is 1.00 e. The van der Waals surface area contributed by atoms with Crippen LogP contribution in [-0.4, -0.2) is 72.0 Å². The first-order valence-corrected chi connectivity index (χ1v) is 63.4. The van der Waals surface area contributed by atoms with Crippen molar-refractivity contribution in [3.63, 3.8) is 0 Å². The predicted octanol–water partition coefficient (Wildman–Crippen LogP) is 15.5. The van der Waals surface area contributed by atoms with Crippen molar-refractivity contribution in [1.82, 2.24) is 0 Å². The average Bonchev–Trinajstić information content (AvgIpc) is 1.42. The molecule has 20 nitrogen and oxygen atoms in total. The fourth-order valence-electron chi connectivity index (χ4n) is 7.57. The summed E-state index contributed by atoms with van der Waals surface area (Å²) in [4.78, 5) is 56.5. The van der Waals surface area contributed by atoms with E-state index >= 15 is 0 Å². The molecule has 9 heterocycles. The van der Waals surface area contributed by atoms with Gasteiger partial charge in [-0.2, -0.15) is 21.6 Å². The van der Waals surface area contributed by atoms with Gasteiger partial charge >= 0.3 is 94.0 Å². The second kappa shape index (κ2) is 28.7. The van der Waals surface area contributed by atoms with Crippen molar-refractivity contribution in [2.24, 2.45) is 0 Å². The van der Waals surface area contributed by atoms with Crippen LogP contribution in [-0.2, 0) is 63.2 Å². The van der Waals surface area contributed by atoms with Gasteiger partial charge in [-0.15, -0.1) is 0 Å². The monoisotopic (exact) mass is 1600 g/mol. The Labute approximate surface area is 555 Å². The summed E-state index contributed by atoms with van der Waals surface area (Å²) in [5.74, 6) is -0.114. The number of ether oxygens (including phenoxy) is 2. The number of benzene rings is 2. The number of alkyl halides is 3. The quantitative estimate of drug-likeness (QED) is 0.0219. The molecule has 13 rings (SSSR count). The van der Waals surface area contributed by atoms with Crippen LogP contribution < -0.4 is 80.5 Å². The van der Waals surface area contributed by atoms with E-state index in [4.69, 9.17) is 28.8 Å². The summed E-state index contributed by atoms with van der Waals surface area (Å²) >= 11 is 0. The number of allylic oxidation sites excluding steroid dienone is 4. The molecule has 0 saturated carbocycles. The van der Waals surface area contributed by atoms with Gasteiger partial charge in [0, 0.05) is 39.0 Å². The summed E-state index contributed by atoms with van der Waals surface area (Å²) in [7, 11) is -2.82. The average molecular weight is 1600 g/mol. The van der Waals surface area contributed by atoms with E-state index in [1.165, 1.54) is 24.3 Å². The summed E-state index contributed by atoms with van der Waals surface area (Å²) in [5, 5.41) is 35.8. The summed E-state index contributed by atoms with van der Waals surface area (Å²) in [6, 6.07) is 9.12. The third kappa shape index (κ3) is 18.1. The molecule has 8 aromatic heterocycles. The molecule has 0 radical (unpaired) electrons. The number of rotatable bonds is 12. The van der Waals surface area contributed by atoms with E-state index in [0.29, 0.717) is 18.3 Å². The van der Waals surface area contributed by atoms with E-state index in [2.05, 4.69) is 25.8 Å². The number of nitro benzene ring substituents is 2. The summed E-state index contributed by atoms with van der Waals surface area (Å²) in [6.45, 7) is 24.1. The van der Waals surface area contributed by atoms with Crippen molar-refractivity contribution in [3.05, 3.63) is 80.1 Å². The molecule has 8 atom stereocenters. The Balaban J connectivity index is 0.000000204. The number of carbonyl (C=O) groups is 3. The Morgan fingerprint density at radius 1 is 0.714 bits per heavy atom. The molecule has 0 spiro atoms. The predicted molar refractivity (Wildman–Crippen MR) is 343 cm³/mol. The Bertz CT molecular complexity index is 3810. The number of nitrogens with zero attached hydrogens (tertiary/aromatic N) is 2. The number of anilines is 2. The smallest absolute Gasteiger partial charge is 1.00 e. The zero-order chi connectivity index (χ0) is 59.3. The maximum absolute atomic E-state index is 12.0. The van der Waals surface area contributed by atoms with Crippen LogP contribution in [0.2, 0.25) is 0 Å². The summed E-state index contributed by atoms with van der Waals surface area (Å²) in [6.07, 6.45) is 14.7. The molecule has 1 saturated heterocycles. The first kappa shape index (κ1) is 74.7. The van der Waals surface area contributed by atoms with Crippen LogP contribution in [0.1, 0.15) is 115 Å². The summed E-state index contributed by atoms with van der Waals surface area (Å²) < 4.78 is 82.2. The molecule has 10 aromatic rings. The Morgan fingerprint density at radius 3 is 1.46 bits per heavy atom. The Kier molecular flexibility index (Phi) is 25.5. The van der Waals surface area contributed by atoms with E-state index < -0.39 is 67.2 Å². The molecule has 1 aliphatic heterocycles. The fraction of sp³-hybridized carbons (Fsp3) is 0.525. The Morgan fingerprint density at radius 2 is 1.12 bits per heavy atom. The molecule has 2 aliphatic carbocycles. The van der Waals surface area contributed by atoms with E-state index in [9.17, 15) is 51.4 Å². The third-order valence-corrected chi connectivity index (χ3v) is 231. The summed E-state index contributed by atoms with van der Waals surface area (Å²) in [5.41, 5.74) is -5.39. The van der Waals surface area contributed by atoms with Crippen molar-refractivity contribution in [1.29, 1.82) is 0 Å². The minimum atomic E-state index is -5.45. The van der Waals surface area contributed by atoms with Gasteiger partial charge in [0.05, 0.1) is 21.0 Å². The first-order chi connectivity index (χ1) is 37.7. The second-order valence-corrected chi connectivity index (χ2v) is 128. The number of carbonyl (C=O) groups excluding carboxylic acids is 3. The van der Waals surface area contributed by atoms with Gasteiger partial charge in [0.25, 0.3) is 17.8 Å². The molecule has 2 N–H and O–H groups in total. The van der Waals surface area contributed by atoms with Crippen molar-refractivity contribution >= 4 is 175 Å². The maximum atomic E-state index is 12.0. The van der Waals surface area contributed by atoms with E-state index in [1.54, 1.807) is 74.8 Å². The fourth-order valence-corrected chi connectivity index (χ4v) is 458. The topological polar surface area (TPSA) is 274 Å². The third-order valence-electron chi connectivity index (χ3n) is 12.4. The first-order valence-electron chi connectivity index (χ1n) is 24.5. The normalized spacial score (nSPS) is 19.0. The number of fused-ring (bicyclic) bond motifs is 4. The van der Waals surface area contributed by atoms with Gasteiger partial charge in [-0.25, -0.2) is 9.59 Å².